The van der Waals surface area contributed by atoms with Crippen LogP contribution in [0.3, 0.4) is 0 Å². The second-order valence-electron chi connectivity index (χ2n) is 35.9. The van der Waals surface area contributed by atoms with Crippen LogP contribution in [0.2, 0.25) is 0 Å². The Kier molecular flexibility index (Phi) is 64.9. The lowest BCUT2D eigenvalue weighted by molar-refractivity contribution is -0.132. The molecule has 20 heteroatoms. The van der Waals surface area contributed by atoms with Crippen LogP contribution >= 0.6 is 0 Å². The van der Waals surface area contributed by atoms with E-state index in [2.05, 4.69) is 112 Å². The summed E-state index contributed by atoms with van der Waals surface area (Å²) < 4.78 is 0. The van der Waals surface area contributed by atoms with Gasteiger partial charge in [0.15, 0.2) is 28.9 Å². The number of hydrogen-bond acceptors (Lipinski definition) is 15. The Bertz CT molecular complexity index is 2750. The molecule has 0 bridgehead atoms. The molecule has 10 unspecified atom stereocenters. The number of unbranched alkanes of at least 4 members (excludes halogenated alkanes) is 3. The number of nitrogens with one attached hydrogen (secondary N) is 7. The molecule has 0 heterocycles. The Morgan fingerprint density at radius 2 is 0.768 bits per heavy atom. The fourth-order valence-electron chi connectivity index (χ4n) is 13.2. The number of Topliss-reactive ketones (excluding diaryl/α,β-unsaturated/α-hetero) is 8. The molecule has 652 valence electrons. The molecule has 0 aliphatic rings. The number of primary amides is 1. The number of urea groups is 1. The highest BCUT2D eigenvalue weighted by Gasteiger charge is 2.34. The van der Waals surface area contributed by atoms with Gasteiger partial charge in [-0.25, -0.2) is 4.79 Å². The molecule has 20 nitrogen and oxygen atoms in total. The number of hydrogen-bond donors (Lipinski definition) is 8. The largest absolute Gasteiger partial charge is 0.356 e. The maximum absolute atomic E-state index is 13.0. The average molecular weight is 1580 g/mol. The van der Waals surface area contributed by atoms with Crippen molar-refractivity contribution < 1.29 is 57.5 Å². The normalized spacial score (nSPS) is 14.2. The van der Waals surface area contributed by atoms with Gasteiger partial charge in [0.05, 0.1) is 30.2 Å². The van der Waals surface area contributed by atoms with Gasteiger partial charge < -0.3 is 43.0 Å². The number of benzene rings is 1. The minimum Gasteiger partial charge on any atom is -0.356 e. The topological polar surface area (TPSA) is 315 Å². The standard InChI is InChI=1S/C23H37NO2.C19H37N3O3.C19H36N2O3.2C15H29NO2.CH4/c1-6-7-9-14-20(23(26)17(2)3)16-22(25)21(24-18(4)5)15-19-12-10-8-11-13-19;1-12(2)11-15(13(3)4)18(24)22-16(17(23)14(5)6)9-7-8-10-21-19(20)25;1-12(2)18(21-14(5)6)17(23)11-16(19(24)13(3)4)9-8-10-20-15(7)22;1-9(2)14(16-11(5)6)13(17)8-12(7)15(18)10(3)4;1-9(2)8-13(10(3)4)15(18)16-12(7)14(17)11(5)6;/h8,10-13,17-18,20-21,24H,6-7,9,14-16H2,1-5H3;12-16H,7-11H2,1-6H3,(H,22,24)(H3,20,21,25);12-14,16,18,21H,8-11H2,1-7H3,(H,20,22);9-12,14,16H,8H2,1-7H3;9-13H,8H2,1-7H3,(H,16,18);1H4. The van der Waals surface area contributed by atoms with Crippen LogP contribution in [0.5, 0.6) is 0 Å². The van der Waals surface area contributed by atoms with Crippen LogP contribution in [0, 0.1) is 94.7 Å². The maximum Gasteiger partial charge on any atom is 0.312 e. The van der Waals surface area contributed by atoms with Crippen LogP contribution < -0.4 is 43.0 Å². The van der Waals surface area contributed by atoms with Crippen molar-refractivity contribution in [3.05, 3.63) is 35.9 Å². The summed E-state index contributed by atoms with van der Waals surface area (Å²) in [6.07, 6.45) is 10.8. The first-order chi connectivity index (χ1) is 51.3. The minimum atomic E-state index is -0.545. The highest BCUT2D eigenvalue weighted by atomic mass is 16.2. The van der Waals surface area contributed by atoms with Crippen molar-refractivity contribution in [2.45, 2.75) is 374 Å². The summed E-state index contributed by atoms with van der Waals surface area (Å²) in [5.74, 6) is 2.00. The molecule has 0 fully saturated rings. The molecule has 0 saturated carbocycles. The zero-order valence-electron chi connectivity index (χ0n) is 76.2. The zero-order chi connectivity index (χ0) is 86.9. The molecule has 5 amide bonds. The number of carbonyl (C=O) groups excluding carboxylic acids is 12. The van der Waals surface area contributed by atoms with E-state index in [0.29, 0.717) is 69.4 Å². The molecule has 1 aromatic carbocycles. The highest BCUT2D eigenvalue weighted by molar-refractivity contribution is 5.94. The Morgan fingerprint density at radius 3 is 1.13 bits per heavy atom. The molecule has 0 aliphatic carbocycles. The number of carbonyl (C=O) groups is 12. The summed E-state index contributed by atoms with van der Waals surface area (Å²) in [6, 6.07) is 8.84. The third-order valence-electron chi connectivity index (χ3n) is 19.5. The fourth-order valence-corrected chi connectivity index (χ4v) is 13.2. The predicted molar refractivity (Wildman–Crippen MR) is 466 cm³/mol. The van der Waals surface area contributed by atoms with E-state index >= 15 is 0 Å². The van der Waals surface area contributed by atoms with Crippen molar-refractivity contribution in [2.75, 3.05) is 13.1 Å². The molecule has 0 radical (unpaired) electrons. The Balaban J connectivity index is -0.000000428. The number of amides is 5. The second-order valence-corrected chi connectivity index (χ2v) is 35.9. The van der Waals surface area contributed by atoms with Gasteiger partial charge in [0.2, 0.25) is 17.7 Å². The van der Waals surface area contributed by atoms with Gasteiger partial charge in [-0.05, 0) is 106 Å². The first-order valence-corrected chi connectivity index (χ1v) is 42.8. The third-order valence-corrected chi connectivity index (χ3v) is 19.5. The first-order valence-electron chi connectivity index (χ1n) is 42.8. The van der Waals surface area contributed by atoms with E-state index in [1.807, 2.05) is 164 Å². The van der Waals surface area contributed by atoms with Crippen molar-refractivity contribution in [3.8, 4) is 0 Å². The van der Waals surface area contributed by atoms with Crippen LogP contribution in [-0.4, -0.2) is 131 Å². The van der Waals surface area contributed by atoms with Crippen LogP contribution in [0.1, 0.15) is 324 Å². The second kappa shape index (κ2) is 63.4. The quantitative estimate of drug-likeness (QED) is 0.0281. The number of rotatable bonds is 52. The van der Waals surface area contributed by atoms with Crippen LogP contribution in [0.25, 0.3) is 0 Å². The van der Waals surface area contributed by atoms with E-state index in [1.165, 1.54) is 6.92 Å². The maximum atomic E-state index is 13.0. The van der Waals surface area contributed by atoms with E-state index in [1.54, 1.807) is 6.92 Å². The molecule has 1 aromatic rings. The lowest BCUT2D eigenvalue weighted by Crippen LogP contribution is -2.46. The van der Waals surface area contributed by atoms with E-state index in [9.17, 15) is 57.5 Å². The van der Waals surface area contributed by atoms with E-state index in [4.69, 9.17) is 5.73 Å². The van der Waals surface area contributed by atoms with Crippen molar-refractivity contribution in [1.29, 1.82) is 0 Å². The highest BCUT2D eigenvalue weighted by Crippen LogP contribution is 2.26. The Morgan fingerprint density at radius 1 is 0.384 bits per heavy atom. The first kappa shape index (κ1) is 115. The van der Waals surface area contributed by atoms with Gasteiger partial charge in [0.1, 0.15) is 17.3 Å². The van der Waals surface area contributed by atoms with Gasteiger partial charge in [0, 0.05) is 117 Å². The van der Waals surface area contributed by atoms with E-state index in [-0.39, 0.29) is 197 Å². The monoisotopic (exact) mass is 1580 g/mol. The summed E-state index contributed by atoms with van der Waals surface area (Å²) in [5, 5.41) is 21.1. The van der Waals surface area contributed by atoms with Gasteiger partial charge in [-0.3, -0.25) is 52.7 Å². The third kappa shape index (κ3) is 54.8. The molecule has 10 atom stereocenters. The minimum absolute atomic E-state index is 0. The lowest BCUT2D eigenvalue weighted by Gasteiger charge is -2.26. The average Bonchev–Trinajstić information content (AvgIpc) is 0.921. The number of ketones is 8. The van der Waals surface area contributed by atoms with Crippen LogP contribution in [0.15, 0.2) is 30.3 Å². The molecule has 0 aromatic heterocycles. The molecular formula is C92H172N8O12. The van der Waals surface area contributed by atoms with Crippen molar-refractivity contribution >= 4 is 70.0 Å². The SMILES string of the molecule is C.CC(=O)NCCCC(CC(=O)C(NC(C)C)C(C)C)C(=O)C(C)C.CC(C)CC(C(=O)NC(C)C(=O)C(C)C)C(C)C.CC(C)CC(C(=O)NC(CCCCNC(N)=O)C(=O)C(C)C)C(C)C.CC(C)NC(C(=O)CC(C)C(=O)C(C)C)C(C)C.CCCCCC(CC(=O)C(Cc1ccccc1)NC(C)C)C(=O)C(C)C. The van der Waals surface area contributed by atoms with Crippen LogP contribution in [0.4, 0.5) is 4.79 Å². The number of nitrogens with two attached hydrogens (primary N) is 1. The summed E-state index contributed by atoms with van der Waals surface area (Å²) in [5.41, 5.74) is 6.18. The molecule has 1 rings (SSSR count). The molecule has 0 aliphatic heterocycles. The zero-order valence-corrected chi connectivity index (χ0v) is 76.2. The van der Waals surface area contributed by atoms with Gasteiger partial charge in [-0.15, -0.1) is 0 Å². The molecular weight excluding hydrogens is 1410 g/mol. The molecule has 0 spiro atoms. The summed E-state index contributed by atoms with van der Waals surface area (Å²) >= 11 is 0. The molecule has 0 saturated heterocycles. The van der Waals surface area contributed by atoms with Gasteiger partial charge in [-0.1, -0.05) is 265 Å². The fraction of sp³-hybridized carbons (Fsp3) is 0.804. The van der Waals surface area contributed by atoms with E-state index in [0.717, 1.165) is 56.9 Å². The van der Waals surface area contributed by atoms with Gasteiger partial charge in [0.25, 0.3) is 0 Å². The summed E-state index contributed by atoms with van der Waals surface area (Å²) in [7, 11) is 0. The predicted octanol–water partition coefficient (Wildman–Crippen LogP) is 17.1. The van der Waals surface area contributed by atoms with E-state index < -0.39 is 12.1 Å². The Hall–Kier alpha value is -5.86. The van der Waals surface area contributed by atoms with Crippen molar-refractivity contribution in [2.24, 2.45) is 100 Å². The van der Waals surface area contributed by atoms with Crippen LogP contribution in [-0.2, 0) is 59.2 Å². The van der Waals surface area contributed by atoms with Crippen molar-refractivity contribution in [1.82, 2.24) is 37.2 Å². The summed E-state index contributed by atoms with van der Waals surface area (Å²) in [6.45, 7) is 64.1. The summed E-state index contributed by atoms with van der Waals surface area (Å²) in [4.78, 5) is 146. The smallest absolute Gasteiger partial charge is 0.312 e. The molecule has 9 N–H and O–H groups in total. The van der Waals surface area contributed by atoms with Gasteiger partial charge >= 0.3 is 6.03 Å². The lowest BCUT2D eigenvalue weighted by atomic mass is 9.84. The van der Waals surface area contributed by atoms with Crippen molar-refractivity contribution in [3.63, 3.8) is 0 Å². The van der Waals surface area contributed by atoms with Gasteiger partial charge in [-0.2, -0.15) is 0 Å². The molecule has 112 heavy (non-hydrogen) atoms. The Labute approximate surface area is 684 Å².